The van der Waals surface area contributed by atoms with Crippen LogP contribution in [0, 0.1) is 12.8 Å². The number of aromatic nitrogens is 2. The van der Waals surface area contributed by atoms with Gasteiger partial charge in [-0.3, -0.25) is 9.69 Å². The summed E-state index contributed by atoms with van der Waals surface area (Å²) in [5, 5.41) is 3.97. The van der Waals surface area contributed by atoms with E-state index in [0.29, 0.717) is 18.9 Å². The van der Waals surface area contributed by atoms with Crippen LogP contribution in [0.4, 0.5) is 5.13 Å². The van der Waals surface area contributed by atoms with Gasteiger partial charge in [0.2, 0.25) is 11.0 Å². The maximum Gasteiger partial charge on any atom is 0.221 e. The Kier molecular flexibility index (Phi) is 9.89. The van der Waals surface area contributed by atoms with E-state index < -0.39 is 0 Å². The van der Waals surface area contributed by atoms with Gasteiger partial charge in [0.05, 0.1) is 13.2 Å². The third-order valence-electron chi connectivity index (χ3n) is 5.48. The lowest BCUT2D eigenvalue weighted by atomic mass is 10.1. The molecule has 0 radical (unpaired) electrons. The monoisotopic (exact) mass is 459 g/mol. The first-order chi connectivity index (χ1) is 15.5. The second kappa shape index (κ2) is 12.9. The third kappa shape index (κ3) is 8.48. The number of nitrogens with one attached hydrogen (secondary N) is 1. The normalized spacial score (nSPS) is 14.6. The smallest absolute Gasteiger partial charge is 0.221 e. The van der Waals surface area contributed by atoms with E-state index in [1.54, 1.807) is 0 Å². The average Bonchev–Trinajstić information content (AvgIpc) is 3.24. The average molecular weight is 460 g/mol. The lowest BCUT2D eigenvalue weighted by Crippen LogP contribution is -2.38. The molecule has 0 atom stereocenters. The van der Waals surface area contributed by atoms with E-state index in [-0.39, 0.29) is 5.91 Å². The quantitative estimate of drug-likeness (QED) is 0.492. The van der Waals surface area contributed by atoms with Gasteiger partial charge in [0, 0.05) is 57.1 Å². The summed E-state index contributed by atoms with van der Waals surface area (Å²) in [6.07, 6.45) is 2.17. The molecule has 1 amide bonds. The maximum atomic E-state index is 12.4. The first kappa shape index (κ1) is 24.6. The number of hydrogen-bond donors (Lipinski definition) is 1. The fraction of sp³-hybridized carbons (Fsp3) is 0.625. The maximum absolute atomic E-state index is 12.4. The lowest BCUT2D eigenvalue weighted by Gasteiger charge is -2.26. The summed E-state index contributed by atoms with van der Waals surface area (Å²) in [7, 11) is 0. The number of rotatable bonds is 12. The van der Waals surface area contributed by atoms with Crippen LogP contribution in [0.5, 0.6) is 0 Å². The topological polar surface area (TPSA) is 70.6 Å². The number of anilines is 1. The molecular formula is C24H37N5O2S. The highest BCUT2D eigenvalue weighted by molar-refractivity contribution is 7.09. The van der Waals surface area contributed by atoms with Gasteiger partial charge in [-0.05, 0) is 31.4 Å². The third-order valence-corrected chi connectivity index (χ3v) is 6.30. The Balaban J connectivity index is 1.44. The van der Waals surface area contributed by atoms with Crippen molar-refractivity contribution >= 4 is 22.6 Å². The summed E-state index contributed by atoms with van der Waals surface area (Å²) in [5.41, 5.74) is 2.47. The second-order valence-electron chi connectivity index (χ2n) is 8.90. The number of carbonyl (C=O) groups excluding carboxylic acids is 1. The van der Waals surface area contributed by atoms with Gasteiger partial charge in [-0.25, -0.2) is 4.98 Å². The molecule has 7 nitrogen and oxygen atoms in total. The number of hydrogen-bond acceptors (Lipinski definition) is 7. The molecule has 176 valence electrons. The van der Waals surface area contributed by atoms with Gasteiger partial charge in [0.25, 0.3) is 0 Å². The van der Waals surface area contributed by atoms with Crippen molar-refractivity contribution in [2.75, 3.05) is 57.4 Å². The summed E-state index contributed by atoms with van der Waals surface area (Å²) in [6, 6.07) is 8.50. The first-order valence-corrected chi connectivity index (χ1v) is 12.5. The number of carbonyl (C=O) groups is 1. The predicted octanol–water partition coefficient (Wildman–Crippen LogP) is 3.13. The zero-order valence-corrected chi connectivity index (χ0v) is 20.5. The van der Waals surface area contributed by atoms with Crippen LogP contribution < -0.4 is 10.2 Å². The molecule has 1 fully saturated rings. The Morgan fingerprint density at radius 3 is 2.72 bits per heavy atom. The summed E-state index contributed by atoms with van der Waals surface area (Å²) in [6.45, 7) is 13.3. The van der Waals surface area contributed by atoms with Gasteiger partial charge in [-0.2, -0.15) is 4.37 Å². The van der Waals surface area contributed by atoms with E-state index in [9.17, 15) is 4.79 Å². The summed E-state index contributed by atoms with van der Waals surface area (Å²) in [4.78, 5) is 21.8. The molecule has 0 unspecified atom stereocenters. The van der Waals surface area contributed by atoms with Crippen molar-refractivity contribution < 1.29 is 9.53 Å². The number of nitrogens with zero attached hydrogens (tertiary/aromatic N) is 4. The van der Waals surface area contributed by atoms with Gasteiger partial charge in [0.1, 0.15) is 5.82 Å². The number of amides is 1. The van der Waals surface area contributed by atoms with Gasteiger partial charge < -0.3 is 15.0 Å². The lowest BCUT2D eigenvalue weighted by molar-refractivity contribution is -0.120. The van der Waals surface area contributed by atoms with Crippen molar-refractivity contribution in [2.24, 2.45) is 5.92 Å². The van der Waals surface area contributed by atoms with Crippen LogP contribution in [0.25, 0.3) is 0 Å². The summed E-state index contributed by atoms with van der Waals surface area (Å²) < 4.78 is 9.94. The zero-order valence-electron chi connectivity index (χ0n) is 19.7. The van der Waals surface area contributed by atoms with Crippen molar-refractivity contribution in [3.8, 4) is 0 Å². The van der Waals surface area contributed by atoms with Crippen LogP contribution in [-0.4, -0.2) is 72.6 Å². The molecule has 1 aliphatic rings. The van der Waals surface area contributed by atoms with Gasteiger partial charge in [-0.1, -0.05) is 43.7 Å². The SMILES string of the molecule is Cc1ccc(Cc2nsc(N(CCC(=O)NCCCN3CCOCC3)CC(C)C)n2)cc1. The van der Waals surface area contributed by atoms with E-state index in [2.05, 4.69) is 64.5 Å². The van der Waals surface area contributed by atoms with Crippen molar-refractivity contribution in [1.29, 1.82) is 0 Å². The Morgan fingerprint density at radius 2 is 2.00 bits per heavy atom. The second-order valence-corrected chi connectivity index (χ2v) is 9.63. The van der Waals surface area contributed by atoms with E-state index in [0.717, 1.165) is 69.7 Å². The van der Waals surface area contributed by atoms with Crippen LogP contribution >= 0.6 is 11.5 Å². The fourth-order valence-corrected chi connectivity index (χ4v) is 4.44. The van der Waals surface area contributed by atoms with Crippen LogP contribution in [0.1, 0.15) is 43.6 Å². The highest BCUT2D eigenvalue weighted by Crippen LogP contribution is 2.20. The summed E-state index contributed by atoms with van der Waals surface area (Å²) >= 11 is 1.43. The molecule has 0 aliphatic carbocycles. The molecule has 2 aromatic rings. The molecule has 1 aromatic carbocycles. The van der Waals surface area contributed by atoms with Crippen molar-refractivity contribution in [3.63, 3.8) is 0 Å². The summed E-state index contributed by atoms with van der Waals surface area (Å²) in [5.74, 6) is 1.43. The molecular weight excluding hydrogens is 422 g/mol. The Hall–Kier alpha value is -2.03. The minimum atomic E-state index is 0.102. The first-order valence-electron chi connectivity index (χ1n) is 11.7. The number of aryl methyl sites for hydroxylation is 1. The fourth-order valence-electron chi connectivity index (χ4n) is 3.72. The molecule has 2 heterocycles. The number of morpholine rings is 1. The minimum absolute atomic E-state index is 0.102. The minimum Gasteiger partial charge on any atom is -0.379 e. The van der Waals surface area contributed by atoms with E-state index >= 15 is 0 Å². The molecule has 1 aliphatic heterocycles. The highest BCUT2D eigenvalue weighted by atomic mass is 32.1. The Morgan fingerprint density at radius 1 is 1.25 bits per heavy atom. The van der Waals surface area contributed by atoms with Crippen molar-refractivity contribution in [1.82, 2.24) is 19.6 Å². The van der Waals surface area contributed by atoms with Crippen LogP contribution in [0.3, 0.4) is 0 Å². The van der Waals surface area contributed by atoms with Gasteiger partial charge in [0.15, 0.2) is 0 Å². The molecule has 0 saturated carbocycles. The van der Waals surface area contributed by atoms with E-state index in [4.69, 9.17) is 9.72 Å². The van der Waals surface area contributed by atoms with Crippen LogP contribution in [0.15, 0.2) is 24.3 Å². The standard InChI is InChI=1S/C24H37N5O2S/c1-19(2)18-29(12-9-23(30)25-10-4-11-28-13-15-31-16-14-28)24-26-22(27-32-24)17-21-7-5-20(3)6-8-21/h5-8,19H,4,9-18H2,1-3H3,(H,25,30). The molecule has 3 rings (SSSR count). The molecule has 0 spiro atoms. The highest BCUT2D eigenvalue weighted by Gasteiger charge is 2.16. The Labute approximate surface area is 196 Å². The van der Waals surface area contributed by atoms with E-state index in [1.807, 2.05) is 0 Å². The predicted molar refractivity (Wildman–Crippen MR) is 130 cm³/mol. The molecule has 8 heteroatoms. The zero-order chi connectivity index (χ0) is 22.8. The Bertz CT molecular complexity index is 818. The molecule has 1 saturated heterocycles. The molecule has 0 bridgehead atoms. The molecule has 32 heavy (non-hydrogen) atoms. The van der Waals surface area contributed by atoms with Crippen molar-refractivity contribution in [2.45, 2.75) is 40.0 Å². The number of benzene rings is 1. The van der Waals surface area contributed by atoms with E-state index in [1.165, 1.54) is 22.7 Å². The molecule has 1 N–H and O–H groups in total. The van der Waals surface area contributed by atoms with Crippen LogP contribution in [0.2, 0.25) is 0 Å². The van der Waals surface area contributed by atoms with Gasteiger partial charge in [-0.15, -0.1) is 0 Å². The number of ether oxygens (including phenoxy) is 1. The molecule has 1 aromatic heterocycles. The van der Waals surface area contributed by atoms with Gasteiger partial charge >= 0.3 is 0 Å². The van der Waals surface area contributed by atoms with Crippen molar-refractivity contribution in [3.05, 3.63) is 41.2 Å². The largest absolute Gasteiger partial charge is 0.379 e. The van der Waals surface area contributed by atoms with Crippen LogP contribution in [-0.2, 0) is 16.0 Å².